The summed E-state index contributed by atoms with van der Waals surface area (Å²) in [4.78, 5) is 0. The quantitative estimate of drug-likeness (QED) is 0.767. The van der Waals surface area contributed by atoms with Crippen LogP contribution in [0.1, 0.15) is 31.7 Å². The molecule has 0 aromatic heterocycles. The van der Waals surface area contributed by atoms with Gasteiger partial charge in [0.25, 0.3) is 0 Å². The Morgan fingerprint density at radius 1 is 1.29 bits per heavy atom. The summed E-state index contributed by atoms with van der Waals surface area (Å²) >= 11 is 0. The molecular weight excluding hydrogens is 212 g/mol. The van der Waals surface area contributed by atoms with Gasteiger partial charge in [-0.3, -0.25) is 0 Å². The number of benzene rings is 1. The van der Waals surface area contributed by atoms with Gasteiger partial charge in [-0.1, -0.05) is 17.7 Å². The van der Waals surface area contributed by atoms with Gasteiger partial charge in [0.2, 0.25) is 0 Å². The number of hydrogen-bond acceptors (Lipinski definition) is 3. The van der Waals surface area contributed by atoms with E-state index in [1.807, 2.05) is 31.2 Å². The second kappa shape index (κ2) is 6.27. The Balaban J connectivity index is 2.17. The Morgan fingerprint density at radius 3 is 2.53 bits per heavy atom. The van der Waals surface area contributed by atoms with E-state index in [0.717, 1.165) is 18.6 Å². The molecule has 17 heavy (non-hydrogen) atoms. The maximum absolute atomic E-state index is 8.75. The molecule has 0 bridgehead atoms. The summed E-state index contributed by atoms with van der Waals surface area (Å²) in [5.41, 5.74) is 6.25. The van der Waals surface area contributed by atoms with Gasteiger partial charge in [0.15, 0.2) is 0 Å². The van der Waals surface area contributed by atoms with Crippen molar-refractivity contribution in [1.29, 1.82) is 5.26 Å². The molecule has 1 aromatic carbocycles. The number of nitrogens with zero attached hydrogens (tertiary/aromatic N) is 1. The number of aryl methyl sites for hydroxylation is 1. The summed E-state index contributed by atoms with van der Waals surface area (Å²) in [5.74, 6) is 0.895. The smallest absolute Gasteiger partial charge is 0.119 e. The molecule has 0 saturated heterocycles. The number of rotatable bonds is 6. The van der Waals surface area contributed by atoms with Gasteiger partial charge in [0.1, 0.15) is 11.3 Å². The highest BCUT2D eigenvalue weighted by Crippen LogP contribution is 2.13. The van der Waals surface area contributed by atoms with E-state index >= 15 is 0 Å². The topological polar surface area (TPSA) is 59.0 Å². The maximum atomic E-state index is 8.75. The third-order valence-corrected chi connectivity index (χ3v) is 2.64. The minimum Gasteiger partial charge on any atom is -0.494 e. The van der Waals surface area contributed by atoms with Crippen LogP contribution in [0.4, 0.5) is 0 Å². The number of ether oxygens (including phenoxy) is 1. The van der Waals surface area contributed by atoms with Crippen molar-refractivity contribution in [3.63, 3.8) is 0 Å². The lowest BCUT2D eigenvalue weighted by molar-refractivity contribution is 0.301. The normalized spacial score (nSPS) is 13.8. The highest BCUT2D eigenvalue weighted by Gasteiger charge is 2.15. The molecule has 0 fully saturated rings. The van der Waals surface area contributed by atoms with Gasteiger partial charge in [0.05, 0.1) is 12.7 Å². The van der Waals surface area contributed by atoms with Crippen molar-refractivity contribution in [3.8, 4) is 11.8 Å². The van der Waals surface area contributed by atoms with Gasteiger partial charge in [-0.25, -0.2) is 0 Å². The van der Waals surface area contributed by atoms with Crippen LogP contribution in [-0.2, 0) is 0 Å². The van der Waals surface area contributed by atoms with Gasteiger partial charge in [-0.05, 0) is 45.2 Å². The zero-order chi connectivity index (χ0) is 12.7. The molecule has 0 aliphatic heterocycles. The average Bonchev–Trinajstić information content (AvgIpc) is 2.31. The fraction of sp³-hybridized carbons (Fsp3) is 0.500. The zero-order valence-corrected chi connectivity index (χ0v) is 10.6. The molecule has 1 unspecified atom stereocenters. The molecule has 0 radical (unpaired) electrons. The summed E-state index contributed by atoms with van der Waals surface area (Å²) in [7, 11) is 0. The Hall–Kier alpha value is -1.53. The Labute approximate surface area is 103 Å². The predicted octanol–water partition coefficient (Wildman–Crippen LogP) is 2.79. The third-order valence-electron chi connectivity index (χ3n) is 2.64. The van der Waals surface area contributed by atoms with E-state index in [9.17, 15) is 0 Å². The van der Waals surface area contributed by atoms with E-state index in [4.69, 9.17) is 15.7 Å². The van der Waals surface area contributed by atoms with E-state index < -0.39 is 5.54 Å². The number of nitriles is 1. The molecule has 1 rings (SSSR count). The molecule has 0 heterocycles. The van der Waals surface area contributed by atoms with Gasteiger partial charge < -0.3 is 10.5 Å². The minimum atomic E-state index is -0.705. The third kappa shape index (κ3) is 5.37. The molecule has 3 nitrogen and oxygen atoms in total. The van der Waals surface area contributed by atoms with E-state index in [1.165, 1.54) is 5.56 Å². The van der Waals surface area contributed by atoms with Gasteiger partial charge in [-0.15, -0.1) is 0 Å². The molecule has 0 aliphatic carbocycles. The van der Waals surface area contributed by atoms with Crippen LogP contribution in [0.25, 0.3) is 0 Å². The first-order valence-corrected chi connectivity index (χ1v) is 5.93. The summed E-state index contributed by atoms with van der Waals surface area (Å²) in [5, 5.41) is 8.75. The van der Waals surface area contributed by atoms with E-state index in [-0.39, 0.29) is 0 Å². The summed E-state index contributed by atoms with van der Waals surface area (Å²) in [6.07, 6.45) is 2.54. The molecule has 1 atom stereocenters. The molecule has 0 spiro atoms. The maximum Gasteiger partial charge on any atom is 0.119 e. The highest BCUT2D eigenvalue weighted by atomic mass is 16.5. The lowest BCUT2D eigenvalue weighted by Gasteiger charge is -2.14. The first-order chi connectivity index (χ1) is 8.03. The number of hydrogen-bond donors (Lipinski definition) is 1. The van der Waals surface area contributed by atoms with Crippen LogP contribution in [0, 0.1) is 18.3 Å². The van der Waals surface area contributed by atoms with Crippen molar-refractivity contribution >= 4 is 0 Å². The van der Waals surface area contributed by atoms with Gasteiger partial charge in [0, 0.05) is 0 Å². The molecule has 0 amide bonds. The first kappa shape index (κ1) is 13.5. The van der Waals surface area contributed by atoms with Gasteiger partial charge in [-0.2, -0.15) is 5.26 Å². The second-order valence-electron chi connectivity index (χ2n) is 4.65. The largest absolute Gasteiger partial charge is 0.494 e. The van der Waals surface area contributed by atoms with Crippen LogP contribution in [0.2, 0.25) is 0 Å². The molecular formula is C14H20N2O. The molecule has 0 aliphatic rings. The van der Waals surface area contributed by atoms with Gasteiger partial charge >= 0.3 is 0 Å². The van der Waals surface area contributed by atoms with Crippen LogP contribution in [-0.4, -0.2) is 12.1 Å². The second-order valence-corrected chi connectivity index (χ2v) is 4.65. The molecule has 3 heteroatoms. The monoisotopic (exact) mass is 232 g/mol. The summed E-state index contributed by atoms with van der Waals surface area (Å²) in [6.45, 7) is 4.48. The average molecular weight is 232 g/mol. The minimum absolute atomic E-state index is 0.671. The van der Waals surface area contributed by atoms with Crippen molar-refractivity contribution in [1.82, 2.24) is 0 Å². The van der Waals surface area contributed by atoms with Crippen LogP contribution in [0.15, 0.2) is 24.3 Å². The molecule has 1 aromatic rings. The Kier molecular flexibility index (Phi) is 4.99. The SMILES string of the molecule is Cc1ccc(OCCCCC(C)(N)C#N)cc1. The van der Waals surface area contributed by atoms with Crippen LogP contribution >= 0.6 is 0 Å². The molecule has 92 valence electrons. The van der Waals surface area contributed by atoms with Crippen molar-refractivity contribution in [3.05, 3.63) is 29.8 Å². The summed E-state index contributed by atoms with van der Waals surface area (Å²) in [6, 6.07) is 10.1. The standard InChI is InChI=1S/C14H20N2O/c1-12-5-7-13(8-6-12)17-10-4-3-9-14(2,16)11-15/h5-8H,3-4,9-10,16H2,1-2H3. The Bertz CT molecular complexity index is 376. The van der Waals surface area contributed by atoms with E-state index in [0.29, 0.717) is 13.0 Å². The fourth-order valence-corrected chi connectivity index (χ4v) is 1.47. The predicted molar refractivity (Wildman–Crippen MR) is 68.7 cm³/mol. The van der Waals surface area contributed by atoms with Crippen molar-refractivity contribution in [2.45, 2.75) is 38.6 Å². The fourth-order valence-electron chi connectivity index (χ4n) is 1.47. The molecule has 2 N–H and O–H groups in total. The van der Waals surface area contributed by atoms with Crippen molar-refractivity contribution in [2.24, 2.45) is 5.73 Å². The van der Waals surface area contributed by atoms with Crippen LogP contribution in [0.5, 0.6) is 5.75 Å². The lowest BCUT2D eigenvalue weighted by Crippen LogP contribution is -2.33. The highest BCUT2D eigenvalue weighted by molar-refractivity contribution is 5.26. The van der Waals surface area contributed by atoms with E-state index in [2.05, 4.69) is 6.07 Å². The zero-order valence-electron chi connectivity index (χ0n) is 10.6. The van der Waals surface area contributed by atoms with Crippen LogP contribution in [0.3, 0.4) is 0 Å². The lowest BCUT2D eigenvalue weighted by atomic mass is 9.98. The number of unbranched alkanes of at least 4 members (excludes halogenated alkanes) is 1. The Morgan fingerprint density at radius 2 is 1.94 bits per heavy atom. The van der Waals surface area contributed by atoms with Crippen molar-refractivity contribution in [2.75, 3.05) is 6.61 Å². The van der Waals surface area contributed by atoms with Crippen LogP contribution < -0.4 is 10.5 Å². The molecule has 0 saturated carbocycles. The first-order valence-electron chi connectivity index (χ1n) is 5.93. The van der Waals surface area contributed by atoms with E-state index in [1.54, 1.807) is 6.92 Å². The number of nitrogens with two attached hydrogens (primary N) is 1. The van der Waals surface area contributed by atoms with Crippen molar-refractivity contribution < 1.29 is 4.74 Å². The summed E-state index contributed by atoms with van der Waals surface area (Å²) < 4.78 is 5.59.